The number of rotatable bonds is 4. The fourth-order valence-corrected chi connectivity index (χ4v) is 2.26. The van der Waals surface area contributed by atoms with Crippen molar-refractivity contribution in [1.29, 1.82) is 0 Å². The maximum absolute atomic E-state index is 11.0. The van der Waals surface area contributed by atoms with Gasteiger partial charge in [-0.3, -0.25) is 20.2 Å². The van der Waals surface area contributed by atoms with Crippen molar-refractivity contribution in [3.8, 4) is 0 Å². The van der Waals surface area contributed by atoms with Crippen LogP contribution in [-0.4, -0.2) is 28.6 Å². The van der Waals surface area contributed by atoms with E-state index in [1.807, 2.05) is 6.92 Å². The van der Waals surface area contributed by atoms with Gasteiger partial charge in [0.2, 0.25) is 0 Å². The number of nitrogens with zero attached hydrogens (tertiary/aromatic N) is 2. The first kappa shape index (κ1) is 14.2. The van der Waals surface area contributed by atoms with Crippen LogP contribution in [0.25, 0.3) is 0 Å². The first-order chi connectivity index (χ1) is 9.47. The predicted molar refractivity (Wildman–Crippen MR) is 71.8 cm³/mol. The van der Waals surface area contributed by atoms with Gasteiger partial charge in [-0.2, -0.15) is 0 Å². The van der Waals surface area contributed by atoms with Crippen LogP contribution >= 0.6 is 0 Å². The highest BCUT2D eigenvalue weighted by Crippen LogP contribution is 2.30. The monoisotopic (exact) mass is 281 g/mol. The van der Waals surface area contributed by atoms with Crippen molar-refractivity contribution in [2.75, 3.05) is 11.9 Å². The van der Waals surface area contributed by atoms with E-state index in [4.69, 9.17) is 4.74 Å². The smallest absolute Gasteiger partial charge is 0.299 e. The first-order valence-corrected chi connectivity index (χ1v) is 6.28. The van der Waals surface area contributed by atoms with E-state index in [0.29, 0.717) is 12.3 Å². The average Bonchev–Trinajstić information content (AvgIpc) is 2.38. The molecule has 8 nitrogen and oxygen atoms in total. The van der Waals surface area contributed by atoms with Crippen molar-refractivity contribution in [1.82, 2.24) is 0 Å². The Morgan fingerprint density at radius 2 is 2.05 bits per heavy atom. The highest BCUT2D eigenvalue weighted by atomic mass is 16.6. The third kappa shape index (κ3) is 3.21. The molecule has 1 aliphatic rings. The molecule has 0 bridgehead atoms. The zero-order valence-corrected chi connectivity index (χ0v) is 10.9. The number of benzene rings is 1. The number of nitro groups is 2. The van der Waals surface area contributed by atoms with Gasteiger partial charge in [0.25, 0.3) is 11.4 Å². The minimum absolute atomic E-state index is 0.0684. The third-order valence-corrected chi connectivity index (χ3v) is 3.23. The quantitative estimate of drug-likeness (QED) is 0.671. The summed E-state index contributed by atoms with van der Waals surface area (Å²) in [6.07, 6.45) is 1.59. The summed E-state index contributed by atoms with van der Waals surface area (Å²) in [6.45, 7) is 2.54. The van der Waals surface area contributed by atoms with E-state index in [1.165, 1.54) is 12.1 Å². The molecule has 0 aliphatic carbocycles. The lowest BCUT2D eigenvalue weighted by Crippen LogP contribution is -2.32. The molecule has 1 aromatic rings. The summed E-state index contributed by atoms with van der Waals surface area (Å²) < 4.78 is 5.41. The second-order valence-corrected chi connectivity index (χ2v) is 4.76. The molecule has 2 rings (SSSR count). The van der Waals surface area contributed by atoms with Gasteiger partial charge in [0.1, 0.15) is 5.69 Å². The minimum atomic E-state index is -0.646. The van der Waals surface area contributed by atoms with Crippen LogP contribution < -0.4 is 5.32 Å². The molecule has 1 heterocycles. The SMILES string of the molecule is CC1CC(Nc2ccc([N+](=O)[O-])cc2[N+](=O)[O-])CCO1. The van der Waals surface area contributed by atoms with Gasteiger partial charge in [-0.25, -0.2) is 0 Å². The number of anilines is 1. The number of ether oxygens (including phenoxy) is 1. The maximum Gasteiger partial charge on any atom is 0.299 e. The standard InChI is InChI=1S/C12H15N3O5/c1-8-6-9(4-5-20-8)13-11-3-2-10(14(16)17)7-12(11)15(18)19/h2-3,7-9,13H,4-6H2,1H3. The lowest BCUT2D eigenvalue weighted by molar-refractivity contribution is -0.393. The highest BCUT2D eigenvalue weighted by molar-refractivity contribution is 5.65. The Labute approximate surface area is 115 Å². The number of hydrogen-bond acceptors (Lipinski definition) is 6. The van der Waals surface area contributed by atoms with Crippen LogP contribution in [0, 0.1) is 20.2 Å². The van der Waals surface area contributed by atoms with E-state index in [2.05, 4.69) is 5.32 Å². The molecule has 0 spiro atoms. The third-order valence-electron chi connectivity index (χ3n) is 3.23. The largest absolute Gasteiger partial charge is 0.378 e. The summed E-state index contributed by atoms with van der Waals surface area (Å²) in [5.41, 5.74) is -0.263. The molecule has 0 saturated carbocycles. The van der Waals surface area contributed by atoms with Gasteiger partial charge < -0.3 is 10.1 Å². The summed E-state index contributed by atoms with van der Waals surface area (Å²) in [6, 6.07) is 3.69. The summed E-state index contributed by atoms with van der Waals surface area (Å²) in [7, 11) is 0. The molecule has 20 heavy (non-hydrogen) atoms. The van der Waals surface area contributed by atoms with E-state index in [9.17, 15) is 20.2 Å². The second-order valence-electron chi connectivity index (χ2n) is 4.76. The van der Waals surface area contributed by atoms with Gasteiger partial charge >= 0.3 is 0 Å². The van der Waals surface area contributed by atoms with E-state index >= 15 is 0 Å². The van der Waals surface area contributed by atoms with Gasteiger partial charge in [-0.05, 0) is 25.8 Å². The molecule has 108 valence electrons. The molecular formula is C12H15N3O5. The lowest BCUT2D eigenvalue weighted by Gasteiger charge is -2.28. The zero-order valence-electron chi connectivity index (χ0n) is 10.9. The molecule has 8 heteroatoms. The topological polar surface area (TPSA) is 108 Å². The van der Waals surface area contributed by atoms with Crippen LogP contribution in [0.5, 0.6) is 0 Å². The van der Waals surface area contributed by atoms with Crippen molar-refractivity contribution < 1.29 is 14.6 Å². The molecule has 1 saturated heterocycles. The molecular weight excluding hydrogens is 266 g/mol. The maximum atomic E-state index is 11.0. The predicted octanol–water partition coefficient (Wildman–Crippen LogP) is 2.48. The number of nitrogens with one attached hydrogen (secondary N) is 1. The molecule has 0 amide bonds. The Balaban J connectivity index is 2.22. The highest BCUT2D eigenvalue weighted by Gasteiger charge is 2.24. The Kier molecular flexibility index (Phi) is 4.14. The van der Waals surface area contributed by atoms with Crippen molar-refractivity contribution in [3.05, 3.63) is 38.4 Å². The Hall–Kier alpha value is -2.22. The van der Waals surface area contributed by atoms with E-state index in [-0.39, 0.29) is 23.5 Å². The summed E-state index contributed by atoms with van der Waals surface area (Å²) in [4.78, 5) is 20.4. The van der Waals surface area contributed by atoms with Gasteiger partial charge in [0.05, 0.1) is 22.0 Å². The Morgan fingerprint density at radius 1 is 1.30 bits per heavy atom. The summed E-state index contributed by atoms with van der Waals surface area (Å²) in [5, 5.41) is 24.8. The van der Waals surface area contributed by atoms with Crippen molar-refractivity contribution in [3.63, 3.8) is 0 Å². The summed E-state index contributed by atoms with van der Waals surface area (Å²) in [5.74, 6) is 0. The Bertz CT molecular complexity index is 534. The van der Waals surface area contributed by atoms with E-state index < -0.39 is 9.85 Å². The molecule has 2 unspecified atom stereocenters. The normalized spacial score (nSPS) is 22.2. The first-order valence-electron chi connectivity index (χ1n) is 6.28. The van der Waals surface area contributed by atoms with E-state index in [0.717, 1.165) is 18.9 Å². The molecule has 1 aliphatic heterocycles. The molecule has 1 fully saturated rings. The molecule has 0 aromatic heterocycles. The minimum Gasteiger partial charge on any atom is -0.378 e. The fourth-order valence-electron chi connectivity index (χ4n) is 2.26. The number of nitro benzene ring substituents is 2. The van der Waals surface area contributed by atoms with Gasteiger partial charge in [-0.1, -0.05) is 0 Å². The van der Waals surface area contributed by atoms with Crippen LogP contribution in [0.3, 0.4) is 0 Å². The van der Waals surface area contributed by atoms with Crippen LogP contribution in [0.15, 0.2) is 18.2 Å². The second kappa shape index (κ2) is 5.83. The van der Waals surface area contributed by atoms with Crippen molar-refractivity contribution >= 4 is 17.1 Å². The number of non-ortho nitro benzene ring substituents is 1. The molecule has 1 aromatic carbocycles. The fraction of sp³-hybridized carbons (Fsp3) is 0.500. The van der Waals surface area contributed by atoms with Crippen LogP contribution in [0.2, 0.25) is 0 Å². The molecule has 2 atom stereocenters. The zero-order chi connectivity index (χ0) is 14.7. The lowest BCUT2D eigenvalue weighted by atomic mass is 10.0. The summed E-state index contributed by atoms with van der Waals surface area (Å²) >= 11 is 0. The number of hydrogen-bond donors (Lipinski definition) is 1. The van der Waals surface area contributed by atoms with E-state index in [1.54, 1.807) is 0 Å². The van der Waals surface area contributed by atoms with Gasteiger partial charge in [-0.15, -0.1) is 0 Å². The van der Waals surface area contributed by atoms with Crippen LogP contribution in [0.1, 0.15) is 19.8 Å². The van der Waals surface area contributed by atoms with Gasteiger partial charge in [0, 0.05) is 18.7 Å². The molecule has 0 radical (unpaired) electrons. The molecule has 1 N–H and O–H groups in total. The average molecular weight is 281 g/mol. The van der Waals surface area contributed by atoms with Crippen molar-refractivity contribution in [2.45, 2.75) is 31.9 Å². The Morgan fingerprint density at radius 3 is 2.65 bits per heavy atom. The van der Waals surface area contributed by atoms with Gasteiger partial charge in [0.15, 0.2) is 0 Å². The van der Waals surface area contributed by atoms with Crippen LogP contribution in [0.4, 0.5) is 17.1 Å². The van der Waals surface area contributed by atoms with Crippen LogP contribution in [-0.2, 0) is 4.74 Å². The van der Waals surface area contributed by atoms with Crippen molar-refractivity contribution in [2.24, 2.45) is 0 Å².